The van der Waals surface area contributed by atoms with Gasteiger partial charge in [0.25, 0.3) is 0 Å². The Morgan fingerprint density at radius 3 is 2.95 bits per heavy atom. The van der Waals surface area contributed by atoms with Crippen LogP contribution in [-0.2, 0) is 0 Å². The van der Waals surface area contributed by atoms with Gasteiger partial charge >= 0.3 is 0 Å². The second-order valence-electron chi connectivity index (χ2n) is 4.21. The van der Waals surface area contributed by atoms with E-state index in [1.54, 1.807) is 12.4 Å². The first-order chi connectivity index (χ1) is 9.19. The molecule has 2 rings (SSSR count). The largest absolute Gasteiger partial charge is 0.477 e. The highest BCUT2D eigenvalue weighted by Gasteiger charge is 2.07. The summed E-state index contributed by atoms with van der Waals surface area (Å²) in [6.45, 7) is 4.53. The fourth-order valence-corrected chi connectivity index (χ4v) is 1.77. The van der Waals surface area contributed by atoms with Crippen molar-refractivity contribution in [1.29, 1.82) is 0 Å². The number of hydrogen-bond donors (Lipinski definition) is 2. The van der Waals surface area contributed by atoms with Crippen LogP contribution in [0.2, 0.25) is 0 Å². The zero-order valence-corrected chi connectivity index (χ0v) is 11.1. The molecule has 100 valence electrons. The van der Waals surface area contributed by atoms with Gasteiger partial charge in [0.2, 0.25) is 5.88 Å². The minimum atomic E-state index is 0.0923. The normalized spacial score (nSPS) is 11.9. The van der Waals surface area contributed by atoms with Gasteiger partial charge < -0.3 is 15.8 Å². The fourth-order valence-electron chi connectivity index (χ4n) is 1.77. The maximum atomic E-state index is 5.78. The van der Waals surface area contributed by atoms with Gasteiger partial charge in [0.05, 0.1) is 25.0 Å². The van der Waals surface area contributed by atoms with E-state index in [1.807, 2.05) is 38.1 Å². The number of benzene rings is 1. The van der Waals surface area contributed by atoms with Crippen LogP contribution < -0.4 is 15.8 Å². The van der Waals surface area contributed by atoms with Crippen LogP contribution in [0.1, 0.15) is 25.5 Å². The highest BCUT2D eigenvalue weighted by atomic mass is 16.5. The Hall–Kier alpha value is -2.30. The van der Waals surface area contributed by atoms with Crippen molar-refractivity contribution in [3.05, 3.63) is 42.2 Å². The van der Waals surface area contributed by atoms with Crippen molar-refractivity contribution < 1.29 is 4.74 Å². The van der Waals surface area contributed by atoms with Gasteiger partial charge in [-0.3, -0.25) is 4.98 Å². The van der Waals surface area contributed by atoms with E-state index in [2.05, 4.69) is 15.3 Å². The topological polar surface area (TPSA) is 73.1 Å². The van der Waals surface area contributed by atoms with E-state index in [9.17, 15) is 0 Å². The zero-order chi connectivity index (χ0) is 13.7. The van der Waals surface area contributed by atoms with E-state index in [0.29, 0.717) is 18.3 Å². The van der Waals surface area contributed by atoms with Crippen molar-refractivity contribution in [2.75, 3.05) is 17.7 Å². The van der Waals surface area contributed by atoms with Gasteiger partial charge in [0.15, 0.2) is 0 Å². The second-order valence-corrected chi connectivity index (χ2v) is 4.21. The first kappa shape index (κ1) is 13.1. The van der Waals surface area contributed by atoms with E-state index in [1.165, 1.54) is 0 Å². The average Bonchev–Trinajstić information content (AvgIpc) is 2.39. The number of nitrogens with two attached hydrogens (primary N) is 1. The van der Waals surface area contributed by atoms with Crippen molar-refractivity contribution in [2.24, 2.45) is 0 Å². The van der Waals surface area contributed by atoms with Crippen molar-refractivity contribution in [3.63, 3.8) is 0 Å². The van der Waals surface area contributed by atoms with Crippen molar-refractivity contribution in [2.45, 2.75) is 19.9 Å². The number of anilines is 2. The Morgan fingerprint density at radius 1 is 1.37 bits per heavy atom. The molecular weight excluding hydrogens is 240 g/mol. The summed E-state index contributed by atoms with van der Waals surface area (Å²) >= 11 is 0. The van der Waals surface area contributed by atoms with Crippen LogP contribution in [0.25, 0.3) is 0 Å². The zero-order valence-electron chi connectivity index (χ0n) is 11.1. The quantitative estimate of drug-likeness (QED) is 0.806. The maximum Gasteiger partial charge on any atom is 0.234 e. The summed E-state index contributed by atoms with van der Waals surface area (Å²) in [5.41, 5.74) is 7.63. The number of hydrogen-bond acceptors (Lipinski definition) is 5. The van der Waals surface area contributed by atoms with Crippen LogP contribution in [0.3, 0.4) is 0 Å². The molecule has 0 amide bonds. The SMILES string of the molecule is CCOc1cncc(NC(C)c2cccc(N)c2)n1. The van der Waals surface area contributed by atoms with Gasteiger partial charge in [-0.1, -0.05) is 12.1 Å². The van der Waals surface area contributed by atoms with Gasteiger partial charge in [-0.05, 0) is 31.5 Å². The van der Waals surface area contributed by atoms with Crippen molar-refractivity contribution >= 4 is 11.5 Å². The molecule has 0 saturated heterocycles. The molecule has 5 heteroatoms. The van der Waals surface area contributed by atoms with Crippen LogP contribution >= 0.6 is 0 Å². The van der Waals surface area contributed by atoms with Gasteiger partial charge in [-0.2, -0.15) is 4.98 Å². The molecule has 0 aliphatic rings. The fraction of sp³-hybridized carbons (Fsp3) is 0.286. The lowest BCUT2D eigenvalue weighted by molar-refractivity contribution is 0.325. The molecule has 0 aliphatic heterocycles. The lowest BCUT2D eigenvalue weighted by Crippen LogP contribution is -2.09. The standard InChI is InChI=1S/C14H18N4O/c1-3-19-14-9-16-8-13(18-14)17-10(2)11-5-4-6-12(15)7-11/h4-10H,3,15H2,1-2H3,(H,17,18). The predicted octanol–water partition coefficient (Wildman–Crippen LogP) is 2.63. The molecular formula is C14H18N4O. The molecule has 0 saturated carbocycles. The van der Waals surface area contributed by atoms with Crippen molar-refractivity contribution in [1.82, 2.24) is 9.97 Å². The van der Waals surface area contributed by atoms with Gasteiger partial charge in [0.1, 0.15) is 5.82 Å². The number of aromatic nitrogens is 2. The maximum absolute atomic E-state index is 5.78. The third kappa shape index (κ3) is 3.58. The number of ether oxygens (including phenoxy) is 1. The Bertz CT molecular complexity index is 544. The van der Waals surface area contributed by atoms with Gasteiger partial charge in [-0.15, -0.1) is 0 Å². The number of nitrogens with one attached hydrogen (secondary N) is 1. The van der Waals surface area contributed by atoms with Crippen LogP contribution in [0.5, 0.6) is 5.88 Å². The Kier molecular flexibility index (Phi) is 4.18. The van der Waals surface area contributed by atoms with Gasteiger partial charge in [0, 0.05) is 5.69 Å². The Balaban J connectivity index is 2.10. The molecule has 1 heterocycles. The molecule has 0 radical (unpaired) electrons. The molecule has 0 spiro atoms. The monoisotopic (exact) mass is 258 g/mol. The highest BCUT2D eigenvalue weighted by Crippen LogP contribution is 2.20. The number of nitrogens with zero attached hydrogens (tertiary/aromatic N) is 2. The third-order valence-corrected chi connectivity index (χ3v) is 2.68. The van der Waals surface area contributed by atoms with Gasteiger partial charge in [-0.25, -0.2) is 0 Å². The summed E-state index contributed by atoms with van der Waals surface area (Å²) in [4.78, 5) is 8.42. The van der Waals surface area contributed by atoms with E-state index >= 15 is 0 Å². The first-order valence-electron chi connectivity index (χ1n) is 6.26. The van der Waals surface area contributed by atoms with Crippen LogP contribution in [0, 0.1) is 0 Å². The molecule has 1 aromatic heterocycles. The van der Waals surface area contributed by atoms with Crippen LogP contribution in [0.4, 0.5) is 11.5 Å². The molecule has 0 fully saturated rings. The molecule has 2 aromatic rings. The molecule has 1 unspecified atom stereocenters. The van der Waals surface area contributed by atoms with Crippen LogP contribution in [-0.4, -0.2) is 16.6 Å². The molecule has 5 nitrogen and oxygen atoms in total. The third-order valence-electron chi connectivity index (χ3n) is 2.68. The molecule has 3 N–H and O–H groups in total. The summed E-state index contributed by atoms with van der Waals surface area (Å²) in [6, 6.07) is 7.86. The summed E-state index contributed by atoms with van der Waals surface area (Å²) in [5, 5.41) is 3.28. The predicted molar refractivity (Wildman–Crippen MR) is 76.1 cm³/mol. The van der Waals surface area contributed by atoms with E-state index in [-0.39, 0.29) is 6.04 Å². The van der Waals surface area contributed by atoms with E-state index in [4.69, 9.17) is 10.5 Å². The molecule has 0 aliphatic carbocycles. The summed E-state index contributed by atoms with van der Waals surface area (Å²) < 4.78 is 5.32. The second kappa shape index (κ2) is 6.04. The van der Waals surface area contributed by atoms with E-state index in [0.717, 1.165) is 11.3 Å². The minimum absolute atomic E-state index is 0.0923. The van der Waals surface area contributed by atoms with Crippen molar-refractivity contribution in [3.8, 4) is 5.88 Å². The number of nitrogen functional groups attached to an aromatic ring is 1. The Labute approximate surface area is 112 Å². The average molecular weight is 258 g/mol. The minimum Gasteiger partial charge on any atom is -0.477 e. The highest BCUT2D eigenvalue weighted by molar-refractivity contribution is 5.44. The molecule has 19 heavy (non-hydrogen) atoms. The Morgan fingerprint density at radius 2 is 2.21 bits per heavy atom. The van der Waals surface area contributed by atoms with Crippen LogP contribution in [0.15, 0.2) is 36.7 Å². The summed E-state index contributed by atoms with van der Waals surface area (Å²) in [6.07, 6.45) is 3.27. The summed E-state index contributed by atoms with van der Waals surface area (Å²) in [5.74, 6) is 1.20. The lowest BCUT2D eigenvalue weighted by atomic mass is 10.1. The molecule has 1 aromatic carbocycles. The molecule has 0 bridgehead atoms. The lowest BCUT2D eigenvalue weighted by Gasteiger charge is -2.15. The molecule has 1 atom stereocenters. The van der Waals surface area contributed by atoms with E-state index < -0.39 is 0 Å². The first-order valence-corrected chi connectivity index (χ1v) is 6.26. The summed E-state index contributed by atoms with van der Waals surface area (Å²) in [7, 11) is 0. The number of rotatable bonds is 5. The smallest absolute Gasteiger partial charge is 0.234 e.